The summed E-state index contributed by atoms with van der Waals surface area (Å²) in [6.45, 7) is 0. The van der Waals surface area contributed by atoms with Gasteiger partial charge in [0.15, 0.2) is 0 Å². The van der Waals surface area contributed by atoms with Gasteiger partial charge in [0.1, 0.15) is 6.04 Å². The Kier molecular flexibility index (Phi) is 3.73. The molecular formula is C9H16N2O3. The SMILES string of the molecule is NC(=O)[C@H](NC(=O)O)C1CCCCC1. The van der Waals surface area contributed by atoms with Gasteiger partial charge in [-0.25, -0.2) is 4.79 Å². The molecule has 0 unspecified atom stereocenters. The van der Waals surface area contributed by atoms with Gasteiger partial charge < -0.3 is 16.2 Å². The molecule has 80 valence electrons. The topological polar surface area (TPSA) is 92.4 Å². The minimum Gasteiger partial charge on any atom is -0.465 e. The number of carbonyl (C=O) groups excluding carboxylic acids is 1. The van der Waals surface area contributed by atoms with Crippen molar-refractivity contribution >= 4 is 12.0 Å². The predicted octanol–water partition coefficient (Wildman–Crippen LogP) is 0.688. The van der Waals surface area contributed by atoms with Crippen LogP contribution in [0.5, 0.6) is 0 Å². The molecule has 0 aliphatic heterocycles. The van der Waals surface area contributed by atoms with Crippen LogP contribution in [-0.4, -0.2) is 23.1 Å². The highest BCUT2D eigenvalue weighted by molar-refractivity contribution is 5.84. The number of hydrogen-bond acceptors (Lipinski definition) is 2. The molecule has 1 fully saturated rings. The lowest BCUT2D eigenvalue weighted by Gasteiger charge is -2.27. The largest absolute Gasteiger partial charge is 0.465 e. The van der Waals surface area contributed by atoms with Crippen molar-refractivity contribution in [1.29, 1.82) is 0 Å². The number of nitrogens with one attached hydrogen (secondary N) is 1. The lowest BCUT2D eigenvalue weighted by Crippen LogP contribution is -2.49. The third-order valence-electron chi connectivity index (χ3n) is 2.71. The molecule has 5 nitrogen and oxygen atoms in total. The molecule has 0 aromatic heterocycles. The van der Waals surface area contributed by atoms with E-state index in [0.29, 0.717) is 0 Å². The van der Waals surface area contributed by atoms with Gasteiger partial charge in [0.05, 0.1) is 0 Å². The molecular weight excluding hydrogens is 184 g/mol. The van der Waals surface area contributed by atoms with Crippen LogP contribution in [0.15, 0.2) is 0 Å². The van der Waals surface area contributed by atoms with Crippen molar-refractivity contribution in [2.45, 2.75) is 38.1 Å². The van der Waals surface area contributed by atoms with E-state index in [1.54, 1.807) is 0 Å². The summed E-state index contributed by atoms with van der Waals surface area (Å²) in [6.07, 6.45) is 3.85. The highest BCUT2D eigenvalue weighted by Crippen LogP contribution is 2.26. The minimum absolute atomic E-state index is 0.0809. The first kappa shape index (κ1) is 10.8. The number of carboxylic acid groups (broad SMARTS) is 1. The molecule has 0 radical (unpaired) electrons. The van der Waals surface area contributed by atoms with Gasteiger partial charge in [-0.3, -0.25) is 4.79 Å². The second-order valence-electron chi connectivity index (χ2n) is 3.73. The molecule has 1 saturated carbocycles. The van der Waals surface area contributed by atoms with Crippen molar-refractivity contribution in [3.05, 3.63) is 0 Å². The standard InChI is InChI=1S/C9H16N2O3/c10-8(12)7(11-9(13)14)6-4-2-1-3-5-6/h6-7,11H,1-5H2,(H2,10,12)(H,13,14)/t7-/m1/s1. The lowest BCUT2D eigenvalue weighted by atomic mass is 9.83. The van der Waals surface area contributed by atoms with Crippen molar-refractivity contribution < 1.29 is 14.7 Å². The van der Waals surface area contributed by atoms with E-state index in [0.717, 1.165) is 32.1 Å². The first-order chi connectivity index (χ1) is 6.61. The van der Waals surface area contributed by atoms with E-state index in [9.17, 15) is 9.59 Å². The van der Waals surface area contributed by atoms with Crippen LogP contribution >= 0.6 is 0 Å². The van der Waals surface area contributed by atoms with E-state index in [-0.39, 0.29) is 5.92 Å². The van der Waals surface area contributed by atoms with Gasteiger partial charge in [-0.2, -0.15) is 0 Å². The van der Waals surface area contributed by atoms with Crippen LogP contribution in [0.25, 0.3) is 0 Å². The lowest BCUT2D eigenvalue weighted by molar-refractivity contribution is -0.121. The van der Waals surface area contributed by atoms with Crippen LogP contribution < -0.4 is 11.1 Å². The highest BCUT2D eigenvalue weighted by atomic mass is 16.4. The van der Waals surface area contributed by atoms with E-state index in [4.69, 9.17) is 10.8 Å². The second kappa shape index (κ2) is 4.83. The third-order valence-corrected chi connectivity index (χ3v) is 2.71. The van der Waals surface area contributed by atoms with E-state index in [1.807, 2.05) is 0 Å². The number of amides is 2. The van der Waals surface area contributed by atoms with Gasteiger partial charge in [0.25, 0.3) is 0 Å². The number of nitrogens with two attached hydrogens (primary N) is 1. The fraction of sp³-hybridized carbons (Fsp3) is 0.778. The maximum absolute atomic E-state index is 11.0. The zero-order chi connectivity index (χ0) is 10.6. The summed E-state index contributed by atoms with van der Waals surface area (Å²) in [6, 6.07) is -0.715. The molecule has 0 spiro atoms. The third kappa shape index (κ3) is 2.90. The van der Waals surface area contributed by atoms with Crippen molar-refractivity contribution in [3.63, 3.8) is 0 Å². The molecule has 0 bridgehead atoms. The van der Waals surface area contributed by atoms with Gasteiger partial charge in [-0.1, -0.05) is 19.3 Å². The average Bonchev–Trinajstić information content (AvgIpc) is 2.15. The Hall–Kier alpha value is -1.26. The minimum atomic E-state index is -1.18. The summed E-state index contributed by atoms with van der Waals surface area (Å²) in [5.41, 5.74) is 5.15. The number of primary amides is 1. The highest BCUT2D eigenvalue weighted by Gasteiger charge is 2.28. The van der Waals surface area contributed by atoms with Crippen LogP contribution in [0.1, 0.15) is 32.1 Å². The van der Waals surface area contributed by atoms with E-state index in [1.165, 1.54) is 0 Å². The number of hydrogen-bond donors (Lipinski definition) is 3. The molecule has 0 aromatic rings. The first-order valence-electron chi connectivity index (χ1n) is 4.90. The van der Waals surface area contributed by atoms with Crippen molar-refractivity contribution in [3.8, 4) is 0 Å². The summed E-state index contributed by atoms with van der Waals surface area (Å²) in [7, 11) is 0. The second-order valence-corrected chi connectivity index (χ2v) is 3.73. The maximum atomic E-state index is 11.0. The van der Waals surface area contributed by atoms with Crippen LogP contribution in [0.2, 0.25) is 0 Å². The zero-order valence-corrected chi connectivity index (χ0v) is 8.03. The number of rotatable bonds is 3. The molecule has 5 heteroatoms. The Labute approximate surface area is 82.7 Å². The fourth-order valence-corrected chi connectivity index (χ4v) is 2.02. The summed E-state index contributed by atoms with van der Waals surface area (Å²) in [5, 5.41) is 10.7. The molecule has 0 aromatic carbocycles. The van der Waals surface area contributed by atoms with Crippen molar-refractivity contribution in [2.24, 2.45) is 11.7 Å². The molecule has 14 heavy (non-hydrogen) atoms. The number of carbonyl (C=O) groups is 2. The van der Waals surface area contributed by atoms with Crippen LogP contribution in [0.4, 0.5) is 4.79 Å². The molecule has 0 heterocycles. The van der Waals surface area contributed by atoms with Crippen LogP contribution in [0.3, 0.4) is 0 Å². The molecule has 1 rings (SSSR count). The Bertz CT molecular complexity index is 224. The predicted molar refractivity (Wildman–Crippen MR) is 50.7 cm³/mol. The van der Waals surface area contributed by atoms with Gasteiger partial charge in [0, 0.05) is 0 Å². The quantitative estimate of drug-likeness (QED) is 0.625. The molecule has 4 N–H and O–H groups in total. The molecule has 1 aliphatic carbocycles. The average molecular weight is 200 g/mol. The van der Waals surface area contributed by atoms with Crippen molar-refractivity contribution in [2.75, 3.05) is 0 Å². The zero-order valence-electron chi connectivity index (χ0n) is 8.03. The molecule has 1 aliphatic rings. The summed E-state index contributed by atoms with van der Waals surface area (Å²) >= 11 is 0. The van der Waals surface area contributed by atoms with E-state index >= 15 is 0 Å². The van der Waals surface area contributed by atoms with E-state index in [2.05, 4.69) is 5.32 Å². The normalized spacial score (nSPS) is 20.0. The van der Waals surface area contributed by atoms with Crippen LogP contribution in [0, 0.1) is 5.92 Å². The van der Waals surface area contributed by atoms with Crippen molar-refractivity contribution in [1.82, 2.24) is 5.32 Å². The van der Waals surface area contributed by atoms with Gasteiger partial charge >= 0.3 is 6.09 Å². The van der Waals surface area contributed by atoms with Gasteiger partial charge in [-0.15, -0.1) is 0 Å². The molecule has 0 saturated heterocycles. The summed E-state index contributed by atoms with van der Waals surface area (Å²) in [4.78, 5) is 21.5. The summed E-state index contributed by atoms with van der Waals surface area (Å²) < 4.78 is 0. The Balaban J connectivity index is 2.56. The van der Waals surface area contributed by atoms with Gasteiger partial charge in [-0.05, 0) is 18.8 Å². The Morgan fingerprint density at radius 3 is 2.29 bits per heavy atom. The Morgan fingerprint density at radius 2 is 1.86 bits per heavy atom. The van der Waals surface area contributed by atoms with Gasteiger partial charge in [0.2, 0.25) is 5.91 Å². The maximum Gasteiger partial charge on any atom is 0.405 e. The Morgan fingerprint density at radius 1 is 1.29 bits per heavy atom. The monoisotopic (exact) mass is 200 g/mol. The first-order valence-corrected chi connectivity index (χ1v) is 4.90. The smallest absolute Gasteiger partial charge is 0.405 e. The summed E-state index contributed by atoms with van der Waals surface area (Å²) in [5.74, 6) is -0.489. The molecule has 1 atom stereocenters. The fourth-order valence-electron chi connectivity index (χ4n) is 2.02. The van der Waals surface area contributed by atoms with E-state index < -0.39 is 18.0 Å². The molecule has 2 amide bonds. The van der Waals surface area contributed by atoms with Crippen LogP contribution in [-0.2, 0) is 4.79 Å².